The third-order valence-electron chi connectivity index (χ3n) is 0.423. The second-order valence-electron chi connectivity index (χ2n) is 1.49. The van der Waals surface area contributed by atoms with Crippen molar-refractivity contribution >= 4 is 24.7 Å². The Labute approximate surface area is 64.5 Å². The predicted molar refractivity (Wildman–Crippen MR) is 42.8 cm³/mol. The maximum absolute atomic E-state index is 10.3. The van der Waals surface area contributed by atoms with Gasteiger partial charge in [0.1, 0.15) is 21.1 Å². The molecule has 0 aromatic rings. The Kier molecular flexibility index (Phi) is 5.50. The lowest BCUT2D eigenvalue weighted by Crippen LogP contribution is -3.03. The molecule has 9 heavy (non-hydrogen) atoms. The minimum absolute atomic E-state index is 0.539. The molecule has 0 heterocycles. The summed E-state index contributed by atoms with van der Waals surface area (Å²) in [6.07, 6.45) is 0. The number of nitrogens with one attached hydrogen (secondary N) is 1. The summed E-state index contributed by atoms with van der Waals surface area (Å²) in [4.78, 5) is 4.25. The normalized spacial score (nSPS) is 13.3. The van der Waals surface area contributed by atoms with E-state index in [1.807, 2.05) is 13.8 Å². The minimum Gasteiger partial charge on any atom is -0.565 e. The van der Waals surface area contributed by atoms with Crippen molar-refractivity contribution in [1.82, 2.24) is 0 Å². The van der Waals surface area contributed by atoms with Crippen LogP contribution in [0.2, 0.25) is 0 Å². The second-order valence-corrected chi connectivity index (χ2v) is 4.52. The molecule has 0 aromatic carbocycles. The molecule has 0 aliphatic carbocycles. The van der Waals surface area contributed by atoms with Crippen LogP contribution in [0.4, 0.5) is 0 Å². The summed E-state index contributed by atoms with van der Waals surface area (Å²) in [7, 11) is 1.30. The summed E-state index contributed by atoms with van der Waals surface area (Å²) >= 11 is -0.539. The maximum Gasteiger partial charge on any atom is 0.121 e. The summed E-state index contributed by atoms with van der Waals surface area (Å²) in [5.41, 5.74) is 0. The molecular formula is C4H10INO3. The molecule has 0 saturated carbocycles. The molecule has 0 bridgehead atoms. The van der Waals surface area contributed by atoms with Gasteiger partial charge in [0.05, 0.1) is 7.11 Å². The van der Waals surface area contributed by atoms with Gasteiger partial charge >= 0.3 is 0 Å². The van der Waals surface area contributed by atoms with Gasteiger partial charge in [-0.25, -0.2) is 0 Å². The third-order valence-corrected chi connectivity index (χ3v) is 1.88. The Bertz CT molecular complexity index is 102. The highest BCUT2D eigenvalue weighted by molar-refractivity contribution is 14.2. The highest BCUT2D eigenvalue weighted by atomic mass is 127. The molecule has 0 rings (SSSR count). The molecule has 1 unspecified atom stereocenters. The van der Waals surface area contributed by atoms with E-state index < -0.39 is 26.5 Å². The van der Waals surface area contributed by atoms with E-state index in [1.54, 1.807) is 0 Å². The second kappa shape index (κ2) is 5.24. The smallest absolute Gasteiger partial charge is 0.121 e. The van der Waals surface area contributed by atoms with Crippen LogP contribution in [0.25, 0.3) is 0 Å². The predicted octanol–water partition coefficient (Wildman–Crippen LogP) is -0.0400. The van der Waals surface area contributed by atoms with Crippen molar-refractivity contribution in [3.63, 3.8) is 0 Å². The van der Waals surface area contributed by atoms with Crippen LogP contribution >= 0.6 is 21.1 Å². The maximum atomic E-state index is 10.3. The van der Waals surface area contributed by atoms with Gasteiger partial charge in [0, 0.05) is 0 Å². The van der Waals surface area contributed by atoms with Crippen molar-refractivity contribution in [2.45, 2.75) is 13.8 Å². The van der Waals surface area contributed by atoms with Gasteiger partial charge in [-0.05, 0) is 17.4 Å². The molecule has 4 nitrogen and oxygen atoms in total. The average molecular weight is 247 g/mol. The molecular weight excluding hydrogens is 237 g/mol. The fourth-order valence-electron chi connectivity index (χ4n) is 0.140. The van der Waals surface area contributed by atoms with Gasteiger partial charge in [0.15, 0.2) is 0 Å². The standard InChI is InChI=1S/C4H10INO3/c1-4(2)5-9-6(7)8-3/h6H,1-3H3. The first-order valence-electron chi connectivity index (χ1n) is 2.36. The molecule has 1 atom stereocenters. The zero-order chi connectivity index (χ0) is 7.28. The van der Waals surface area contributed by atoms with Gasteiger partial charge in [0.2, 0.25) is 0 Å². The van der Waals surface area contributed by atoms with Crippen molar-refractivity contribution in [3.05, 3.63) is 5.21 Å². The summed E-state index contributed by atoms with van der Waals surface area (Å²) in [5, 5.41) is 9.71. The first-order valence-corrected chi connectivity index (χ1v) is 4.32. The van der Waals surface area contributed by atoms with Gasteiger partial charge in [-0.15, -0.1) is 3.17 Å². The van der Waals surface area contributed by atoms with Gasteiger partial charge < -0.3 is 5.21 Å². The van der Waals surface area contributed by atoms with Gasteiger partial charge in [-0.2, -0.15) is 4.84 Å². The summed E-state index contributed by atoms with van der Waals surface area (Å²) in [5.74, 6) is 0. The highest BCUT2D eigenvalue weighted by Gasteiger charge is 1.89. The van der Waals surface area contributed by atoms with Crippen molar-refractivity contribution in [2.75, 3.05) is 7.11 Å². The first kappa shape index (κ1) is 9.44. The van der Waals surface area contributed by atoms with Crippen LogP contribution in [-0.4, -0.2) is 10.6 Å². The zero-order valence-electron chi connectivity index (χ0n) is 5.60. The Morgan fingerprint density at radius 3 is 2.44 bits per heavy atom. The van der Waals surface area contributed by atoms with Crippen molar-refractivity contribution in [2.24, 2.45) is 0 Å². The van der Waals surface area contributed by atoms with E-state index >= 15 is 0 Å². The van der Waals surface area contributed by atoms with Gasteiger partial charge in [0.25, 0.3) is 0 Å². The lowest BCUT2D eigenvalue weighted by Gasteiger charge is -2.10. The van der Waals surface area contributed by atoms with E-state index in [2.05, 4.69) is 8.00 Å². The average Bonchev–Trinajstić information content (AvgIpc) is 1.83. The summed E-state index contributed by atoms with van der Waals surface area (Å²) in [6, 6.07) is 0. The van der Waals surface area contributed by atoms with Crippen LogP contribution in [0.15, 0.2) is 0 Å². The van der Waals surface area contributed by atoms with Gasteiger partial charge in [-0.1, -0.05) is 5.39 Å². The minimum atomic E-state index is -0.580. The molecule has 5 heteroatoms. The Morgan fingerprint density at radius 2 is 2.11 bits per heavy atom. The molecule has 0 saturated heterocycles. The van der Waals surface area contributed by atoms with Crippen LogP contribution in [0, 0.1) is 5.21 Å². The van der Waals surface area contributed by atoms with E-state index in [0.717, 1.165) is 3.51 Å². The molecule has 0 fully saturated rings. The fourth-order valence-corrected chi connectivity index (χ4v) is 0.940. The zero-order valence-corrected chi connectivity index (χ0v) is 7.76. The lowest BCUT2D eigenvalue weighted by atomic mass is 10.6. The Hall–Kier alpha value is 0.440. The van der Waals surface area contributed by atoms with E-state index in [1.165, 1.54) is 7.11 Å². The van der Waals surface area contributed by atoms with Crippen LogP contribution in [0.3, 0.4) is 0 Å². The summed E-state index contributed by atoms with van der Waals surface area (Å²) < 4.78 is 5.82. The van der Waals surface area contributed by atoms with Gasteiger partial charge in [-0.3, -0.25) is 0 Å². The van der Waals surface area contributed by atoms with E-state index in [9.17, 15) is 5.21 Å². The monoisotopic (exact) mass is 247 g/mol. The largest absolute Gasteiger partial charge is 0.565 e. The van der Waals surface area contributed by atoms with Crippen LogP contribution in [0.5, 0.6) is 0 Å². The molecule has 0 spiro atoms. The molecule has 1 N–H and O–H groups in total. The Morgan fingerprint density at radius 1 is 1.56 bits per heavy atom. The number of rotatable bonds is 3. The fraction of sp³-hybridized carbons (Fsp3) is 0.750. The molecule has 0 amide bonds. The van der Waals surface area contributed by atoms with Crippen LogP contribution in [0.1, 0.15) is 13.8 Å². The molecule has 0 aliphatic rings. The molecule has 0 aromatic heterocycles. The number of halogens is 1. The quantitative estimate of drug-likeness (QED) is 0.562. The van der Waals surface area contributed by atoms with Crippen LogP contribution < -0.4 is 5.39 Å². The van der Waals surface area contributed by atoms with Crippen molar-refractivity contribution in [3.8, 4) is 0 Å². The summed E-state index contributed by atoms with van der Waals surface area (Å²) in [6.45, 7) is 3.85. The highest BCUT2D eigenvalue weighted by Crippen LogP contribution is 1.95. The molecule has 0 aliphatic heterocycles. The molecule has 56 valence electrons. The Balaban J connectivity index is 3.37. The number of quaternary nitrogens is 1. The van der Waals surface area contributed by atoms with Crippen molar-refractivity contribution in [1.29, 1.82) is 0 Å². The van der Waals surface area contributed by atoms with E-state index in [0.29, 0.717) is 0 Å². The molecule has 0 radical (unpaired) electrons. The van der Waals surface area contributed by atoms with Crippen LogP contribution in [-0.2, 0) is 8.00 Å². The SMILES string of the molecule is CO[NH+]([O-])OI=C(C)C. The third kappa shape index (κ3) is 6.32. The lowest BCUT2D eigenvalue weighted by molar-refractivity contribution is -1.17. The van der Waals surface area contributed by atoms with Crippen molar-refractivity contribution < 1.29 is 13.4 Å². The first-order chi connectivity index (χ1) is 4.16. The topological polar surface area (TPSA) is 46.0 Å². The number of hydrogen-bond donors (Lipinski definition) is 1. The number of hydrogen-bond acceptors (Lipinski definition) is 3. The van der Waals surface area contributed by atoms with E-state index in [-0.39, 0.29) is 0 Å². The van der Waals surface area contributed by atoms with E-state index in [4.69, 9.17) is 0 Å².